The van der Waals surface area contributed by atoms with Crippen LogP contribution in [0.5, 0.6) is 0 Å². The molecule has 0 aliphatic heterocycles. The summed E-state index contributed by atoms with van der Waals surface area (Å²) in [7, 11) is 2.49. The summed E-state index contributed by atoms with van der Waals surface area (Å²) in [6, 6.07) is 0. The van der Waals surface area contributed by atoms with Crippen LogP contribution >= 0.6 is 0 Å². The number of hydrogen-bond acceptors (Lipinski definition) is 5. The average molecular weight is 392 g/mol. The van der Waals surface area contributed by atoms with E-state index in [1.807, 2.05) is 12.2 Å². The van der Waals surface area contributed by atoms with Crippen molar-refractivity contribution in [3.8, 4) is 0 Å². The number of rotatable bonds is 13. The van der Waals surface area contributed by atoms with Gasteiger partial charge in [0, 0.05) is 5.57 Å². The highest BCUT2D eigenvalue weighted by Crippen LogP contribution is 2.06. The van der Waals surface area contributed by atoms with Crippen molar-refractivity contribution in [3.05, 3.63) is 48.0 Å². The highest BCUT2D eigenvalue weighted by Gasteiger charge is 2.17. The van der Waals surface area contributed by atoms with E-state index in [1.165, 1.54) is 39.9 Å². The van der Waals surface area contributed by atoms with Crippen LogP contribution in [0.2, 0.25) is 0 Å². The number of methoxy groups -OCH3 is 2. The Morgan fingerprint density at radius 2 is 1.68 bits per heavy atom. The minimum absolute atomic E-state index is 0.205. The van der Waals surface area contributed by atoms with Crippen molar-refractivity contribution in [3.63, 3.8) is 0 Å². The molecule has 0 aromatic carbocycles. The Bertz CT molecular complexity index is 633. The number of amides is 2. The first-order valence-corrected chi connectivity index (χ1v) is 9.33. The Kier molecular flexibility index (Phi) is 13.7. The molecule has 0 rings (SSSR count). The fourth-order valence-electron chi connectivity index (χ4n) is 2.10. The first-order chi connectivity index (χ1) is 13.4. The molecule has 28 heavy (non-hydrogen) atoms. The van der Waals surface area contributed by atoms with Gasteiger partial charge in [0.25, 0.3) is 11.8 Å². The predicted octanol–water partition coefficient (Wildman–Crippen LogP) is 3.26. The summed E-state index contributed by atoms with van der Waals surface area (Å²) in [6.07, 6.45) is 13.6. The van der Waals surface area contributed by atoms with Crippen molar-refractivity contribution < 1.29 is 23.9 Å². The van der Waals surface area contributed by atoms with Crippen LogP contribution in [-0.4, -0.2) is 32.0 Å². The van der Waals surface area contributed by atoms with Gasteiger partial charge in [-0.2, -0.15) is 0 Å². The molecule has 156 valence electrons. The molecule has 0 fully saturated rings. The SMILES string of the molecule is C=C(NC(=O)/C(C)=C/C=C\CCCCCCC)C(=O)N/C(=C/OC)C(=O)OC. The van der Waals surface area contributed by atoms with Crippen LogP contribution in [0, 0.1) is 0 Å². The lowest BCUT2D eigenvalue weighted by Gasteiger charge is -2.10. The van der Waals surface area contributed by atoms with E-state index >= 15 is 0 Å². The Morgan fingerprint density at radius 1 is 1.00 bits per heavy atom. The maximum Gasteiger partial charge on any atom is 0.357 e. The third-order valence-corrected chi connectivity index (χ3v) is 3.74. The van der Waals surface area contributed by atoms with Crippen LogP contribution in [0.1, 0.15) is 52.4 Å². The fourth-order valence-corrected chi connectivity index (χ4v) is 2.10. The van der Waals surface area contributed by atoms with Gasteiger partial charge in [0.15, 0.2) is 5.70 Å². The lowest BCUT2D eigenvalue weighted by atomic mass is 10.1. The number of unbranched alkanes of at least 4 members (excludes halogenated alkanes) is 5. The molecule has 0 aromatic rings. The van der Waals surface area contributed by atoms with Gasteiger partial charge < -0.3 is 20.1 Å². The Morgan fingerprint density at radius 3 is 2.29 bits per heavy atom. The number of ether oxygens (including phenoxy) is 2. The summed E-state index contributed by atoms with van der Waals surface area (Å²) in [4.78, 5) is 35.7. The lowest BCUT2D eigenvalue weighted by molar-refractivity contribution is -0.137. The lowest BCUT2D eigenvalue weighted by Crippen LogP contribution is -2.36. The third-order valence-electron chi connectivity index (χ3n) is 3.74. The van der Waals surface area contributed by atoms with Crippen LogP contribution in [-0.2, 0) is 23.9 Å². The molecule has 0 bridgehead atoms. The molecule has 2 amide bonds. The number of esters is 1. The van der Waals surface area contributed by atoms with Gasteiger partial charge in [0.2, 0.25) is 0 Å². The first kappa shape index (κ1) is 25.2. The molecule has 7 nitrogen and oxygen atoms in total. The summed E-state index contributed by atoms with van der Waals surface area (Å²) < 4.78 is 9.23. The Hall–Kier alpha value is -2.83. The largest absolute Gasteiger partial charge is 0.502 e. The summed E-state index contributed by atoms with van der Waals surface area (Å²) in [5, 5.41) is 4.66. The summed E-state index contributed by atoms with van der Waals surface area (Å²) >= 11 is 0. The van der Waals surface area contributed by atoms with Crippen molar-refractivity contribution in [1.29, 1.82) is 0 Å². The molecule has 0 aromatic heterocycles. The average Bonchev–Trinajstić information content (AvgIpc) is 2.68. The van der Waals surface area contributed by atoms with Gasteiger partial charge in [-0.1, -0.05) is 57.4 Å². The van der Waals surface area contributed by atoms with E-state index in [1.54, 1.807) is 13.0 Å². The molecule has 0 saturated heterocycles. The smallest absolute Gasteiger partial charge is 0.357 e. The maximum atomic E-state index is 12.1. The maximum absolute atomic E-state index is 12.1. The Balaban J connectivity index is 4.50. The molecule has 7 heteroatoms. The second-order valence-electron chi connectivity index (χ2n) is 6.13. The summed E-state index contributed by atoms with van der Waals surface area (Å²) in [6.45, 7) is 7.33. The van der Waals surface area contributed by atoms with E-state index in [0.717, 1.165) is 19.1 Å². The molecule has 0 unspecified atom stereocenters. The minimum atomic E-state index is -0.787. The molecular weight excluding hydrogens is 360 g/mol. The van der Waals surface area contributed by atoms with E-state index in [-0.39, 0.29) is 11.4 Å². The van der Waals surface area contributed by atoms with E-state index in [4.69, 9.17) is 4.74 Å². The van der Waals surface area contributed by atoms with Gasteiger partial charge in [-0.05, 0) is 19.8 Å². The normalized spacial score (nSPS) is 11.9. The predicted molar refractivity (Wildman–Crippen MR) is 109 cm³/mol. The molecule has 0 atom stereocenters. The quantitative estimate of drug-likeness (QED) is 0.165. The second-order valence-corrected chi connectivity index (χ2v) is 6.13. The molecular formula is C21H32N2O5. The van der Waals surface area contributed by atoms with E-state index in [0.29, 0.717) is 5.57 Å². The molecule has 0 saturated carbocycles. The molecule has 0 aliphatic rings. The minimum Gasteiger partial charge on any atom is -0.502 e. The fraction of sp³-hybridized carbons (Fsp3) is 0.476. The van der Waals surface area contributed by atoms with Crippen molar-refractivity contribution >= 4 is 17.8 Å². The monoisotopic (exact) mass is 392 g/mol. The second kappa shape index (κ2) is 15.2. The zero-order valence-electron chi connectivity index (χ0n) is 17.3. The Labute approximate surface area is 167 Å². The van der Waals surface area contributed by atoms with Crippen molar-refractivity contribution in [1.82, 2.24) is 10.6 Å². The third kappa shape index (κ3) is 11.0. The molecule has 0 spiro atoms. The van der Waals surface area contributed by atoms with Crippen molar-refractivity contribution in [2.45, 2.75) is 52.4 Å². The zero-order valence-corrected chi connectivity index (χ0v) is 17.3. The van der Waals surface area contributed by atoms with Gasteiger partial charge >= 0.3 is 5.97 Å². The van der Waals surface area contributed by atoms with Gasteiger partial charge in [0.1, 0.15) is 6.26 Å². The molecule has 0 radical (unpaired) electrons. The molecule has 2 N–H and O–H groups in total. The number of nitrogens with one attached hydrogen (secondary N) is 2. The van der Waals surface area contributed by atoms with E-state index in [2.05, 4.69) is 28.9 Å². The number of hydrogen-bond donors (Lipinski definition) is 2. The highest BCUT2D eigenvalue weighted by atomic mass is 16.5. The van der Waals surface area contributed by atoms with Crippen LogP contribution in [0.4, 0.5) is 0 Å². The topological polar surface area (TPSA) is 93.7 Å². The van der Waals surface area contributed by atoms with Gasteiger partial charge in [-0.15, -0.1) is 0 Å². The standard InChI is InChI=1S/C21H32N2O5/c1-6-7-8-9-10-11-12-13-14-16(2)19(24)22-17(3)20(25)23-18(15-27-4)21(26)28-5/h12-15H,3,6-11H2,1-2,4-5H3,(H,22,24)(H,23,25)/b13-12-,16-14+,18-15+. The summed E-state index contributed by atoms with van der Waals surface area (Å²) in [5.41, 5.74) is 0.0138. The molecule has 0 aliphatic carbocycles. The van der Waals surface area contributed by atoms with Crippen molar-refractivity contribution in [2.75, 3.05) is 14.2 Å². The summed E-state index contributed by atoms with van der Waals surface area (Å²) in [5.74, 6) is -1.99. The first-order valence-electron chi connectivity index (χ1n) is 9.33. The van der Waals surface area contributed by atoms with Crippen LogP contribution in [0.15, 0.2) is 48.0 Å². The van der Waals surface area contributed by atoms with Crippen LogP contribution in [0.25, 0.3) is 0 Å². The van der Waals surface area contributed by atoms with Crippen molar-refractivity contribution in [2.24, 2.45) is 0 Å². The van der Waals surface area contributed by atoms with Gasteiger partial charge in [-0.3, -0.25) is 9.59 Å². The highest BCUT2D eigenvalue weighted by molar-refractivity contribution is 6.04. The van der Waals surface area contributed by atoms with Gasteiger partial charge in [-0.25, -0.2) is 4.79 Å². The van der Waals surface area contributed by atoms with Crippen LogP contribution in [0.3, 0.4) is 0 Å². The van der Waals surface area contributed by atoms with E-state index in [9.17, 15) is 14.4 Å². The number of carbonyl (C=O) groups is 3. The van der Waals surface area contributed by atoms with E-state index < -0.39 is 17.8 Å². The number of carbonyl (C=O) groups excluding carboxylic acids is 3. The molecule has 0 heterocycles. The number of allylic oxidation sites excluding steroid dienone is 3. The van der Waals surface area contributed by atoms with Gasteiger partial charge in [0.05, 0.1) is 19.9 Å². The zero-order chi connectivity index (χ0) is 21.4. The van der Waals surface area contributed by atoms with Crippen LogP contribution < -0.4 is 10.6 Å².